The highest BCUT2D eigenvalue weighted by Crippen LogP contribution is 2.24. The van der Waals surface area contributed by atoms with E-state index in [0.717, 1.165) is 11.3 Å². The zero-order valence-corrected chi connectivity index (χ0v) is 12.7. The Balaban J connectivity index is 0.00000324. The summed E-state index contributed by atoms with van der Waals surface area (Å²) in [6.07, 6.45) is 0. The van der Waals surface area contributed by atoms with Gasteiger partial charge in [-0.05, 0) is 38.5 Å². The minimum atomic E-state index is -0.474. The van der Waals surface area contributed by atoms with Gasteiger partial charge in [0.1, 0.15) is 5.75 Å². The van der Waals surface area contributed by atoms with Crippen LogP contribution in [-0.4, -0.2) is 30.5 Å². The van der Waals surface area contributed by atoms with E-state index in [2.05, 4.69) is 0 Å². The maximum Gasteiger partial charge on any atom is 0.239 e. The fourth-order valence-corrected chi connectivity index (χ4v) is 1.96. The van der Waals surface area contributed by atoms with E-state index in [9.17, 15) is 4.79 Å². The van der Waals surface area contributed by atoms with Crippen LogP contribution in [0.4, 0.5) is 0 Å². The molecule has 0 saturated carbocycles. The van der Waals surface area contributed by atoms with Crippen LogP contribution < -0.4 is 10.5 Å². The molecule has 19 heavy (non-hydrogen) atoms. The molecule has 1 aromatic rings. The lowest BCUT2D eigenvalue weighted by molar-refractivity contribution is -0.134. The first-order valence-corrected chi connectivity index (χ1v) is 6.21. The number of likely N-dealkylation sites (N-methyl/N-ethyl adjacent to an activating group) is 1. The molecule has 0 aliphatic heterocycles. The molecule has 0 radical (unpaired) electrons. The van der Waals surface area contributed by atoms with Crippen LogP contribution in [0.2, 0.25) is 0 Å². The Morgan fingerprint density at radius 3 is 2.53 bits per heavy atom. The molecule has 1 amide bonds. The highest BCUT2D eigenvalue weighted by Gasteiger charge is 2.22. The van der Waals surface area contributed by atoms with Gasteiger partial charge in [0.2, 0.25) is 5.91 Å². The lowest BCUT2D eigenvalue weighted by Crippen LogP contribution is -2.43. The number of halogens is 1. The van der Waals surface area contributed by atoms with E-state index in [1.807, 2.05) is 38.1 Å². The smallest absolute Gasteiger partial charge is 0.239 e. The van der Waals surface area contributed by atoms with Crippen molar-refractivity contribution in [1.29, 1.82) is 0 Å². The second-order valence-corrected chi connectivity index (χ2v) is 4.37. The van der Waals surface area contributed by atoms with Gasteiger partial charge in [0, 0.05) is 6.54 Å². The summed E-state index contributed by atoms with van der Waals surface area (Å²) in [6, 6.07) is 7.27. The average molecular weight is 287 g/mol. The summed E-state index contributed by atoms with van der Waals surface area (Å²) in [4.78, 5) is 13.8. The van der Waals surface area contributed by atoms with E-state index in [-0.39, 0.29) is 24.4 Å². The van der Waals surface area contributed by atoms with Crippen LogP contribution in [0, 0.1) is 0 Å². The van der Waals surface area contributed by atoms with Crippen LogP contribution in [0.1, 0.15) is 32.4 Å². The highest BCUT2D eigenvalue weighted by molar-refractivity contribution is 5.85. The Morgan fingerprint density at radius 2 is 2.05 bits per heavy atom. The molecule has 1 aromatic carbocycles. The fourth-order valence-electron chi connectivity index (χ4n) is 1.96. The van der Waals surface area contributed by atoms with Gasteiger partial charge in [-0.15, -0.1) is 12.4 Å². The van der Waals surface area contributed by atoms with Gasteiger partial charge in [-0.1, -0.05) is 12.1 Å². The number of nitrogens with zero attached hydrogens (tertiary/aromatic N) is 1. The number of carbonyl (C=O) groups is 1. The number of benzene rings is 1. The molecule has 0 spiro atoms. The predicted octanol–water partition coefficient (Wildman–Crippen LogP) is 2.37. The standard InChI is InChI=1S/C14H22N2O2.ClH/c1-5-16(14(17)10(2)15)11(3)12-7-6-8-13(9-12)18-4;/h6-11H,5,15H2,1-4H3;1H/t10-,11?;/m0./s1. The second-order valence-electron chi connectivity index (χ2n) is 4.37. The molecule has 0 aromatic heterocycles. The molecule has 0 bridgehead atoms. The molecule has 2 atom stereocenters. The van der Waals surface area contributed by atoms with Gasteiger partial charge in [-0.3, -0.25) is 4.79 Å². The summed E-state index contributed by atoms with van der Waals surface area (Å²) >= 11 is 0. The van der Waals surface area contributed by atoms with E-state index in [1.54, 1.807) is 18.9 Å². The number of rotatable bonds is 5. The number of methoxy groups -OCH3 is 1. The van der Waals surface area contributed by atoms with Gasteiger partial charge in [0.15, 0.2) is 0 Å². The maximum atomic E-state index is 12.0. The number of carbonyl (C=O) groups excluding carboxylic acids is 1. The summed E-state index contributed by atoms with van der Waals surface area (Å²) in [5, 5.41) is 0. The van der Waals surface area contributed by atoms with Gasteiger partial charge in [-0.25, -0.2) is 0 Å². The van der Waals surface area contributed by atoms with Crippen LogP contribution in [0.3, 0.4) is 0 Å². The van der Waals surface area contributed by atoms with Crippen molar-refractivity contribution >= 4 is 18.3 Å². The molecule has 5 heteroatoms. The van der Waals surface area contributed by atoms with E-state index in [4.69, 9.17) is 10.5 Å². The molecule has 4 nitrogen and oxygen atoms in total. The topological polar surface area (TPSA) is 55.6 Å². The molecule has 0 heterocycles. The number of ether oxygens (including phenoxy) is 1. The van der Waals surface area contributed by atoms with Crippen molar-refractivity contribution in [3.63, 3.8) is 0 Å². The van der Waals surface area contributed by atoms with Crippen molar-refractivity contribution in [3.8, 4) is 5.75 Å². The van der Waals surface area contributed by atoms with Crippen LogP contribution >= 0.6 is 12.4 Å². The Morgan fingerprint density at radius 1 is 1.42 bits per heavy atom. The molecule has 0 aliphatic rings. The molecular formula is C14H23ClN2O2. The van der Waals surface area contributed by atoms with E-state index >= 15 is 0 Å². The first-order chi connectivity index (χ1) is 8.51. The zero-order valence-electron chi connectivity index (χ0n) is 11.9. The molecule has 0 saturated heterocycles. The molecule has 0 aliphatic carbocycles. The van der Waals surface area contributed by atoms with Crippen LogP contribution in [-0.2, 0) is 4.79 Å². The fraction of sp³-hybridized carbons (Fsp3) is 0.500. The van der Waals surface area contributed by atoms with Gasteiger partial charge in [0.05, 0.1) is 19.2 Å². The van der Waals surface area contributed by atoms with Gasteiger partial charge < -0.3 is 15.4 Å². The number of amides is 1. The quantitative estimate of drug-likeness (QED) is 0.904. The Labute approximate surface area is 121 Å². The second kappa shape index (κ2) is 8.02. The summed E-state index contributed by atoms with van der Waals surface area (Å²) in [7, 11) is 1.63. The number of nitrogens with two attached hydrogens (primary N) is 1. The first-order valence-electron chi connectivity index (χ1n) is 6.21. The summed E-state index contributed by atoms with van der Waals surface area (Å²) in [6.45, 7) is 6.30. The van der Waals surface area contributed by atoms with E-state index in [1.165, 1.54) is 0 Å². The SMILES string of the molecule is CCN(C(=O)[C@H](C)N)C(C)c1cccc(OC)c1.Cl. The third kappa shape index (κ3) is 4.40. The molecule has 2 N–H and O–H groups in total. The van der Waals surface area contributed by atoms with E-state index < -0.39 is 6.04 Å². The van der Waals surface area contributed by atoms with Gasteiger partial charge in [0.25, 0.3) is 0 Å². The summed E-state index contributed by atoms with van der Waals surface area (Å²) < 4.78 is 5.20. The lowest BCUT2D eigenvalue weighted by Gasteiger charge is -2.30. The number of hydrogen-bond donors (Lipinski definition) is 1. The summed E-state index contributed by atoms with van der Waals surface area (Å²) in [5.41, 5.74) is 6.71. The minimum absolute atomic E-state index is 0. The molecule has 1 rings (SSSR count). The Kier molecular flexibility index (Phi) is 7.49. The van der Waals surface area contributed by atoms with Crippen molar-refractivity contribution in [2.75, 3.05) is 13.7 Å². The van der Waals surface area contributed by atoms with Crippen molar-refractivity contribution < 1.29 is 9.53 Å². The van der Waals surface area contributed by atoms with Crippen molar-refractivity contribution in [3.05, 3.63) is 29.8 Å². The van der Waals surface area contributed by atoms with Gasteiger partial charge in [-0.2, -0.15) is 0 Å². The normalized spacial score (nSPS) is 13.1. The maximum absolute atomic E-state index is 12.0. The number of hydrogen-bond acceptors (Lipinski definition) is 3. The lowest BCUT2D eigenvalue weighted by atomic mass is 10.1. The third-order valence-corrected chi connectivity index (χ3v) is 3.06. The first kappa shape index (κ1) is 17.7. The third-order valence-electron chi connectivity index (χ3n) is 3.06. The zero-order chi connectivity index (χ0) is 13.7. The monoisotopic (exact) mass is 286 g/mol. The van der Waals surface area contributed by atoms with Crippen molar-refractivity contribution in [1.82, 2.24) is 4.90 Å². The average Bonchev–Trinajstić information content (AvgIpc) is 2.39. The van der Waals surface area contributed by atoms with Gasteiger partial charge >= 0.3 is 0 Å². The molecular weight excluding hydrogens is 264 g/mol. The van der Waals surface area contributed by atoms with Crippen LogP contribution in [0.15, 0.2) is 24.3 Å². The largest absolute Gasteiger partial charge is 0.497 e. The van der Waals surface area contributed by atoms with Crippen molar-refractivity contribution in [2.24, 2.45) is 5.73 Å². The molecule has 0 fully saturated rings. The molecule has 1 unspecified atom stereocenters. The minimum Gasteiger partial charge on any atom is -0.497 e. The highest BCUT2D eigenvalue weighted by atomic mass is 35.5. The Hall–Kier alpha value is -1.26. The Bertz CT molecular complexity index is 410. The predicted molar refractivity (Wildman–Crippen MR) is 79.7 cm³/mol. The molecule has 108 valence electrons. The summed E-state index contributed by atoms with van der Waals surface area (Å²) in [5.74, 6) is 0.761. The van der Waals surface area contributed by atoms with Crippen molar-refractivity contribution in [2.45, 2.75) is 32.9 Å². The van der Waals surface area contributed by atoms with Crippen LogP contribution in [0.25, 0.3) is 0 Å². The van der Waals surface area contributed by atoms with E-state index in [0.29, 0.717) is 6.54 Å². The van der Waals surface area contributed by atoms with Crippen LogP contribution in [0.5, 0.6) is 5.75 Å².